The Morgan fingerprint density at radius 3 is 2.41 bits per heavy atom. The summed E-state index contributed by atoms with van der Waals surface area (Å²) in [4.78, 5) is 17.4. The highest BCUT2D eigenvalue weighted by Gasteiger charge is 2.26. The van der Waals surface area contributed by atoms with Crippen LogP contribution in [-0.2, 0) is 0 Å². The second kappa shape index (κ2) is 8.60. The first kappa shape index (κ1) is 19.4. The number of carbonyl (C=O) groups excluding carboxylic acids is 1. The van der Waals surface area contributed by atoms with Crippen molar-refractivity contribution in [3.63, 3.8) is 0 Å². The zero-order valence-corrected chi connectivity index (χ0v) is 17.1. The molecule has 1 amide bonds. The lowest BCUT2D eigenvalue weighted by molar-refractivity contribution is 0.0924. The van der Waals surface area contributed by atoms with E-state index in [1.807, 2.05) is 18.2 Å². The molecule has 150 valence electrons. The smallest absolute Gasteiger partial charge is 0.255 e. The Kier molecular flexibility index (Phi) is 5.74. The van der Waals surface area contributed by atoms with E-state index in [1.54, 1.807) is 17.1 Å². The molecule has 0 aliphatic heterocycles. The molecule has 29 heavy (non-hydrogen) atoms. The SMILES string of the molecule is CC(C)c1c(C(=O)NC2CCC(c3ccccc3)CC2)cnn1-c1ccccn1. The second-order valence-electron chi connectivity index (χ2n) is 8.13. The molecular formula is C24H28N4O. The molecule has 0 atom stereocenters. The van der Waals surface area contributed by atoms with E-state index >= 15 is 0 Å². The van der Waals surface area contributed by atoms with Crippen LogP contribution in [0.25, 0.3) is 5.82 Å². The van der Waals surface area contributed by atoms with E-state index in [4.69, 9.17) is 0 Å². The molecule has 1 saturated carbocycles. The topological polar surface area (TPSA) is 59.8 Å². The van der Waals surface area contributed by atoms with Gasteiger partial charge >= 0.3 is 0 Å². The number of rotatable bonds is 5. The van der Waals surface area contributed by atoms with Gasteiger partial charge in [0.1, 0.15) is 0 Å². The highest BCUT2D eigenvalue weighted by atomic mass is 16.1. The number of amides is 1. The van der Waals surface area contributed by atoms with E-state index in [1.165, 1.54) is 5.56 Å². The van der Waals surface area contributed by atoms with Crippen LogP contribution in [0.2, 0.25) is 0 Å². The van der Waals surface area contributed by atoms with E-state index in [0.717, 1.165) is 37.2 Å². The molecule has 1 aromatic carbocycles. The average Bonchev–Trinajstić information content (AvgIpc) is 3.21. The first-order valence-electron chi connectivity index (χ1n) is 10.5. The van der Waals surface area contributed by atoms with Crippen molar-refractivity contribution < 1.29 is 4.79 Å². The summed E-state index contributed by atoms with van der Waals surface area (Å²) in [6.07, 6.45) is 7.66. The molecule has 0 bridgehead atoms. The minimum atomic E-state index is -0.0287. The third-order valence-electron chi connectivity index (χ3n) is 5.80. The normalized spacial score (nSPS) is 19.3. The fourth-order valence-corrected chi connectivity index (χ4v) is 4.31. The van der Waals surface area contributed by atoms with Crippen molar-refractivity contribution in [2.24, 2.45) is 0 Å². The van der Waals surface area contributed by atoms with Gasteiger partial charge in [0.15, 0.2) is 5.82 Å². The monoisotopic (exact) mass is 388 g/mol. The van der Waals surface area contributed by atoms with Crippen LogP contribution >= 0.6 is 0 Å². The van der Waals surface area contributed by atoms with Crippen molar-refractivity contribution >= 4 is 5.91 Å². The molecule has 5 heteroatoms. The van der Waals surface area contributed by atoms with Crippen molar-refractivity contribution in [1.29, 1.82) is 0 Å². The lowest BCUT2D eigenvalue weighted by Crippen LogP contribution is -2.37. The summed E-state index contributed by atoms with van der Waals surface area (Å²) in [5.74, 6) is 1.47. The summed E-state index contributed by atoms with van der Waals surface area (Å²) >= 11 is 0. The number of hydrogen-bond donors (Lipinski definition) is 1. The van der Waals surface area contributed by atoms with E-state index < -0.39 is 0 Å². The number of aromatic nitrogens is 3. The molecule has 1 N–H and O–H groups in total. The fraction of sp³-hybridized carbons (Fsp3) is 0.375. The third-order valence-corrected chi connectivity index (χ3v) is 5.80. The Hall–Kier alpha value is -2.95. The fourth-order valence-electron chi connectivity index (χ4n) is 4.31. The van der Waals surface area contributed by atoms with Gasteiger partial charge in [0.05, 0.1) is 17.5 Å². The minimum Gasteiger partial charge on any atom is -0.349 e. The van der Waals surface area contributed by atoms with Crippen LogP contribution < -0.4 is 5.32 Å². The van der Waals surface area contributed by atoms with Crippen LogP contribution in [0.4, 0.5) is 0 Å². The van der Waals surface area contributed by atoms with E-state index in [-0.39, 0.29) is 17.9 Å². The molecule has 3 aromatic rings. The molecule has 2 heterocycles. The van der Waals surface area contributed by atoms with Gasteiger partial charge in [-0.25, -0.2) is 9.67 Å². The maximum atomic E-state index is 13.0. The van der Waals surface area contributed by atoms with Gasteiger partial charge in [0, 0.05) is 12.2 Å². The summed E-state index contributed by atoms with van der Waals surface area (Å²) in [6, 6.07) is 16.6. The Morgan fingerprint density at radius 2 is 1.76 bits per heavy atom. The molecule has 5 nitrogen and oxygen atoms in total. The highest BCUT2D eigenvalue weighted by molar-refractivity contribution is 5.95. The van der Waals surface area contributed by atoms with Crippen molar-refractivity contribution in [1.82, 2.24) is 20.1 Å². The van der Waals surface area contributed by atoms with Crippen LogP contribution in [0, 0.1) is 0 Å². The van der Waals surface area contributed by atoms with Crippen LogP contribution in [0.5, 0.6) is 0 Å². The molecular weight excluding hydrogens is 360 g/mol. The van der Waals surface area contributed by atoms with E-state index in [9.17, 15) is 4.79 Å². The van der Waals surface area contributed by atoms with Gasteiger partial charge in [0.2, 0.25) is 0 Å². The molecule has 0 unspecified atom stereocenters. The maximum absolute atomic E-state index is 13.0. The number of carbonyl (C=O) groups is 1. The lowest BCUT2D eigenvalue weighted by atomic mass is 9.81. The molecule has 1 fully saturated rings. The van der Waals surface area contributed by atoms with E-state index in [2.05, 4.69) is 59.6 Å². The zero-order valence-electron chi connectivity index (χ0n) is 17.1. The first-order valence-corrected chi connectivity index (χ1v) is 10.5. The molecule has 4 rings (SSSR count). The lowest BCUT2D eigenvalue weighted by Gasteiger charge is -2.29. The van der Waals surface area contributed by atoms with Gasteiger partial charge in [0.25, 0.3) is 5.91 Å². The van der Waals surface area contributed by atoms with Gasteiger partial charge in [-0.05, 0) is 55.2 Å². The molecule has 0 spiro atoms. The van der Waals surface area contributed by atoms with Gasteiger partial charge in [-0.1, -0.05) is 50.2 Å². The van der Waals surface area contributed by atoms with Gasteiger partial charge in [-0.15, -0.1) is 0 Å². The second-order valence-corrected chi connectivity index (χ2v) is 8.13. The highest BCUT2D eigenvalue weighted by Crippen LogP contribution is 2.33. The maximum Gasteiger partial charge on any atom is 0.255 e. The number of nitrogens with one attached hydrogen (secondary N) is 1. The predicted octanol–water partition coefficient (Wildman–Crippen LogP) is 4.85. The first-order chi connectivity index (χ1) is 14.1. The van der Waals surface area contributed by atoms with Crippen molar-refractivity contribution in [3.8, 4) is 5.82 Å². The largest absolute Gasteiger partial charge is 0.349 e. The van der Waals surface area contributed by atoms with Crippen molar-refractivity contribution in [3.05, 3.63) is 77.7 Å². The van der Waals surface area contributed by atoms with Gasteiger partial charge in [-0.3, -0.25) is 4.79 Å². The summed E-state index contributed by atoms with van der Waals surface area (Å²) in [7, 11) is 0. The molecule has 0 radical (unpaired) electrons. The molecule has 0 saturated heterocycles. The zero-order chi connectivity index (χ0) is 20.2. The van der Waals surface area contributed by atoms with Crippen LogP contribution in [0.3, 0.4) is 0 Å². The predicted molar refractivity (Wildman–Crippen MR) is 114 cm³/mol. The van der Waals surface area contributed by atoms with Crippen LogP contribution in [0.1, 0.15) is 73.0 Å². The van der Waals surface area contributed by atoms with Crippen LogP contribution in [0.15, 0.2) is 60.9 Å². The number of pyridine rings is 1. The quantitative estimate of drug-likeness (QED) is 0.680. The van der Waals surface area contributed by atoms with Crippen molar-refractivity contribution in [2.45, 2.75) is 57.4 Å². The summed E-state index contributed by atoms with van der Waals surface area (Å²) < 4.78 is 1.78. The molecule has 1 aliphatic carbocycles. The van der Waals surface area contributed by atoms with Gasteiger partial charge in [-0.2, -0.15) is 5.10 Å². The molecule has 1 aliphatic rings. The standard InChI is InChI=1S/C24H28N4O/c1-17(2)23-21(16-26-28(23)22-10-6-7-15-25-22)24(29)27-20-13-11-19(12-14-20)18-8-4-3-5-9-18/h3-10,15-17,19-20H,11-14H2,1-2H3,(H,27,29). The van der Waals surface area contributed by atoms with Crippen LogP contribution in [-0.4, -0.2) is 26.7 Å². The average molecular weight is 389 g/mol. The summed E-state index contributed by atoms with van der Waals surface area (Å²) in [5.41, 5.74) is 2.96. The Labute approximate surface area is 172 Å². The number of nitrogens with zero attached hydrogens (tertiary/aromatic N) is 3. The Morgan fingerprint density at radius 1 is 1.03 bits per heavy atom. The number of hydrogen-bond acceptors (Lipinski definition) is 3. The van der Waals surface area contributed by atoms with E-state index in [0.29, 0.717) is 11.5 Å². The summed E-state index contributed by atoms with van der Waals surface area (Å²) in [5, 5.41) is 7.72. The minimum absolute atomic E-state index is 0.0287. The van der Waals surface area contributed by atoms with Gasteiger partial charge < -0.3 is 5.32 Å². The summed E-state index contributed by atoms with van der Waals surface area (Å²) in [6.45, 7) is 4.16. The number of benzene rings is 1. The Balaban J connectivity index is 1.45. The van der Waals surface area contributed by atoms with Crippen molar-refractivity contribution in [2.75, 3.05) is 0 Å². The Bertz CT molecular complexity index is 942. The third kappa shape index (κ3) is 4.24. The molecule has 2 aromatic heterocycles.